The van der Waals surface area contributed by atoms with E-state index in [-0.39, 0.29) is 5.75 Å². The van der Waals surface area contributed by atoms with E-state index in [0.717, 1.165) is 18.2 Å². The predicted octanol–water partition coefficient (Wildman–Crippen LogP) is 4.14. The van der Waals surface area contributed by atoms with Crippen LogP contribution >= 0.6 is 0 Å². The zero-order valence-corrected chi connectivity index (χ0v) is 11.8. The van der Waals surface area contributed by atoms with Crippen LogP contribution in [0.25, 0.3) is 0 Å². The van der Waals surface area contributed by atoms with Crippen LogP contribution in [-0.4, -0.2) is 12.5 Å². The van der Waals surface area contributed by atoms with Gasteiger partial charge in [-0.3, -0.25) is 4.79 Å². The van der Waals surface area contributed by atoms with Gasteiger partial charge in [0.25, 0.3) is 5.91 Å². The number of hydrogen-bond acceptors (Lipinski definition) is 2. The maximum Gasteiger partial charge on any atom is 0.416 e. The van der Waals surface area contributed by atoms with Gasteiger partial charge in [-0.25, -0.2) is 13.2 Å². The lowest BCUT2D eigenvalue weighted by Crippen LogP contribution is -2.21. The van der Waals surface area contributed by atoms with Crippen molar-refractivity contribution in [1.82, 2.24) is 0 Å². The number of carbonyl (C=O) groups excluding carboxylic acids is 1. The van der Waals surface area contributed by atoms with Gasteiger partial charge in [-0.1, -0.05) is 6.07 Å². The Labute approximate surface area is 131 Å². The summed E-state index contributed by atoms with van der Waals surface area (Å²) in [6.07, 6.45) is -4.57. The molecule has 0 spiro atoms. The molecule has 24 heavy (non-hydrogen) atoms. The van der Waals surface area contributed by atoms with Crippen molar-refractivity contribution in [2.75, 3.05) is 11.9 Å². The molecule has 0 saturated carbocycles. The molecule has 2 rings (SSSR count). The highest BCUT2D eigenvalue weighted by Gasteiger charge is 2.30. The molecule has 0 fully saturated rings. The minimum atomic E-state index is -4.57. The van der Waals surface area contributed by atoms with Crippen molar-refractivity contribution < 1.29 is 35.9 Å². The molecule has 0 unspecified atom stereocenters. The Bertz CT molecular complexity index is 760. The zero-order chi connectivity index (χ0) is 17.9. The molecule has 0 aliphatic rings. The first-order valence-electron chi connectivity index (χ1n) is 6.42. The third-order valence-corrected chi connectivity index (χ3v) is 2.84. The summed E-state index contributed by atoms with van der Waals surface area (Å²) in [4.78, 5) is 11.6. The fourth-order valence-electron chi connectivity index (χ4n) is 1.72. The average molecular weight is 349 g/mol. The van der Waals surface area contributed by atoms with Crippen molar-refractivity contribution in [3.63, 3.8) is 0 Å². The number of rotatable bonds is 4. The highest BCUT2D eigenvalue weighted by molar-refractivity contribution is 5.92. The molecule has 0 heterocycles. The van der Waals surface area contributed by atoms with Gasteiger partial charge in [0.15, 0.2) is 24.1 Å². The lowest BCUT2D eigenvalue weighted by atomic mass is 10.2. The zero-order valence-electron chi connectivity index (χ0n) is 11.8. The fraction of sp³-hybridized carbons (Fsp3) is 0.133. The Kier molecular flexibility index (Phi) is 5.01. The molecule has 0 radical (unpaired) electrons. The average Bonchev–Trinajstić information content (AvgIpc) is 2.53. The minimum Gasteiger partial charge on any atom is -0.484 e. The van der Waals surface area contributed by atoms with Crippen molar-refractivity contribution >= 4 is 11.6 Å². The number of ether oxygens (including phenoxy) is 1. The van der Waals surface area contributed by atoms with Gasteiger partial charge in [0, 0.05) is 0 Å². The molecule has 0 aromatic heterocycles. The molecule has 0 aliphatic carbocycles. The fourth-order valence-corrected chi connectivity index (χ4v) is 1.72. The second-order valence-electron chi connectivity index (χ2n) is 4.59. The molecule has 128 valence electrons. The van der Waals surface area contributed by atoms with E-state index in [2.05, 4.69) is 0 Å². The van der Waals surface area contributed by atoms with Crippen LogP contribution in [0.1, 0.15) is 5.56 Å². The Morgan fingerprint density at radius 3 is 2.42 bits per heavy atom. The van der Waals surface area contributed by atoms with Crippen molar-refractivity contribution in [2.45, 2.75) is 6.18 Å². The Hall–Kier alpha value is -2.71. The molecular formula is C15H9F6NO2. The van der Waals surface area contributed by atoms with Crippen molar-refractivity contribution in [3.05, 3.63) is 59.4 Å². The summed E-state index contributed by atoms with van der Waals surface area (Å²) in [6.45, 7) is -0.750. The van der Waals surface area contributed by atoms with Gasteiger partial charge in [-0.05, 0) is 30.3 Å². The van der Waals surface area contributed by atoms with Gasteiger partial charge < -0.3 is 10.1 Å². The third kappa shape index (κ3) is 4.18. The largest absolute Gasteiger partial charge is 0.484 e. The van der Waals surface area contributed by atoms with Gasteiger partial charge in [-0.15, -0.1) is 0 Å². The molecule has 3 nitrogen and oxygen atoms in total. The van der Waals surface area contributed by atoms with Crippen molar-refractivity contribution in [3.8, 4) is 5.75 Å². The molecule has 9 heteroatoms. The summed E-state index contributed by atoms with van der Waals surface area (Å²) >= 11 is 0. The molecule has 2 aromatic carbocycles. The topological polar surface area (TPSA) is 38.3 Å². The predicted molar refractivity (Wildman–Crippen MR) is 71.9 cm³/mol. The van der Waals surface area contributed by atoms with E-state index in [4.69, 9.17) is 4.74 Å². The monoisotopic (exact) mass is 349 g/mol. The lowest BCUT2D eigenvalue weighted by Gasteiger charge is -2.11. The van der Waals surface area contributed by atoms with E-state index < -0.39 is 47.4 Å². The van der Waals surface area contributed by atoms with Crippen LogP contribution in [0.3, 0.4) is 0 Å². The van der Waals surface area contributed by atoms with Crippen LogP contribution in [0.4, 0.5) is 32.0 Å². The molecule has 2 aromatic rings. The highest BCUT2D eigenvalue weighted by Crippen LogP contribution is 2.31. The second-order valence-corrected chi connectivity index (χ2v) is 4.59. The number of anilines is 1. The van der Waals surface area contributed by atoms with Gasteiger partial charge >= 0.3 is 6.18 Å². The number of alkyl halides is 3. The summed E-state index contributed by atoms with van der Waals surface area (Å²) in [5.41, 5.74) is -1.58. The number of amides is 1. The first kappa shape index (κ1) is 17.6. The Morgan fingerprint density at radius 2 is 1.75 bits per heavy atom. The summed E-state index contributed by atoms with van der Waals surface area (Å²) in [5, 5.41) is 1.93. The van der Waals surface area contributed by atoms with Crippen LogP contribution in [0.15, 0.2) is 36.4 Å². The molecule has 1 N–H and O–H groups in total. The van der Waals surface area contributed by atoms with E-state index in [1.165, 1.54) is 6.07 Å². The molecule has 0 saturated heterocycles. The number of benzene rings is 2. The van der Waals surface area contributed by atoms with Crippen LogP contribution in [0.2, 0.25) is 0 Å². The van der Waals surface area contributed by atoms with E-state index >= 15 is 0 Å². The van der Waals surface area contributed by atoms with Gasteiger partial charge in [-0.2, -0.15) is 13.2 Å². The Morgan fingerprint density at radius 1 is 1.04 bits per heavy atom. The quantitative estimate of drug-likeness (QED) is 0.666. The molecule has 0 aliphatic heterocycles. The van der Waals surface area contributed by atoms with E-state index in [1.807, 2.05) is 5.32 Å². The number of hydrogen-bond donors (Lipinski definition) is 1. The number of nitrogens with one attached hydrogen (secondary N) is 1. The van der Waals surface area contributed by atoms with Crippen LogP contribution in [0, 0.1) is 17.5 Å². The molecule has 1 amide bonds. The van der Waals surface area contributed by atoms with Gasteiger partial charge in [0.2, 0.25) is 0 Å². The summed E-state index contributed by atoms with van der Waals surface area (Å²) in [7, 11) is 0. The van der Waals surface area contributed by atoms with Gasteiger partial charge in [0.1, 0.15) is 5.75 Å². The summed E-state index contributed by atoms with van der Waals surface area (Å²) in [5.74, 6) is -5.97. The first-order valence-corrected chi connectivity index (χ1v) is 6.42. The van der Waals surface area contributed by atoms with Crippen LogP contribution in [-0.2, 0) is 11.0 Å². The number of carbonyl (C=O) groups is 1. The second kappa shape index (κ2) is 6.81. The van der Waals surface area contributed by atoms with Crippen LogP contribution < -0.4 is 10.1 Å². The lowest BCUT2D eigenvalue weighted by molar-refractivity contribution is -0.137. The standard InChI is InChI=1S/C15H9F6NO2/c16-10-4-5-11(14(18)13(10)17)22-12(23)7-24-9-3-1-2-8(6-9)15(19,20)21/h1-6H,7H2,(H,22,23). The normalized spacial score (nSPS) is 11.2. The van der Waals surface area contributed by atoms with Gasteiger partial charge in [0.05, 0.1) is 11.3 Å². The Balaban J connectivity index is 2.01. The first-order chi connectivity index (χ1) is 11.2. The number of halogens is 6. The summed E-state index contributed by atoms with van der Waals surface area (Å²) < 4.78 is 81.6. The maximum atomic E-state index is 13.4. The van der Waals surface area contributed by atoms with Crippen molar-refractivity contribution in [1.29, 1.82) is 0 Å². The molecule has 0 atom stereocenters. The minimum absolute atomic E-state index is 0.231. The van der Waals surface area contributed by atoms with E-state index in [0.29, 0.717) is 12.1 Å². The smallest absolute Gasteiger partial charge is 0.416 e. The van der Waals surface area contributed by atoms with E-state index in [1.54, 1.807) is 0 Å². The summed E-state index contributed by atoms with van der Waals surface area (Å²) in [6, 6.07) is 5.21. The molecule has 0 bridgehead atoms. The third-order valence-electron chi connectivity index (χ3n) is 2.84. The van der Waals surface area contributed by atoms with Crippen LogP contribution in [0.5, 0.6) is 5.75 Å². The van der Waals surface area contributed by atoms with Crippen molar-refractivity contribution in [2.24, 2.45) is 0 Å². The highest BCUT2D eigenvalue weighted by atomic mass is 19.4. The SMILES string of the molecule is O=C(COc1cccc(C(F)(F)F)c1)Nc1ccc(F)c(F)c1F. The maximum absolute atomic E-state index is 13.4. The molecular weight excluding hydrogens is 340 g/mol. The van der Waals surface area contributed by atoms with E-state index in [9.17, 15) is 31.1 Å².